The van der Waals surface area contributed by atoms with E-state index in [0.717, 1.165) is 25.1 Å². The molecule has 0 bridgehead atoms. The largest absolute Gasteiger partial charge is 0.321 e. The number of carbonyl (C=O) groups excluding carboxylic acids is 1. The van der Waals surface area contributed by atoms with Gasteiger partial charge in [-0.25, -0.2) is 4.98 Å². The van der Waals surface area contributed by atoms with Crippen LogP contribution >= 0.6 is 11.6 Å². The molecule has 1 N–H and O–H groups in total. The molecule has 2 heterocycles. The Morgan fingerprint density at radius 3 is 2.84 bits per heavy atom. The van der Waals surface area contributed by atoms with Crippen molar-refractivity contribution in [1.82, 2.24) is 9.55 Å². The van der Waals surface area contributed by atoms with Gasteiger partial charge in [-0.15, -0.1) is 0 Å². The van der Waals surface area contributed by atoms with Crippen molar-refractivity contribution in [3.63, 3.8) is 0 Å². The fourth-order valence-corrected chi connectivity index (χ4v) is 3.32. The number of para-hydroxylation sites is 1. The van der Waals surface area contributed by atoms with E-state index in [9.17, 15) is 9.59 Å². The fourth-order valence-electron chi connectivity index (χ4n) is 3.14. The normalized spacial score (nSPS) is 13.5. The maximum absolute atomic E-state index is 12.6. The number of amides is 1. The second-order valence-corrected chi connectivity index (χ2v) is 6.52. The fraction of sp³-hybridized carbons (Fsp3) is 0.211. The Kier molecular flexibility index (Phi) is 4.01. The molecule has 0 saturated carbocycles. The summed E-state index contributed by atoms with van der Waals surface area (Å²) in [5, 5.41) is 3.80. The van der Waals surface area contributed by atoms with Gasteiger partial charge < -0.3 is 5.32 Å². The first kappa shape index (κ1) is 15.8. The SMILES string of the molecule is O=C(Nc1ccccc1Cl)c1ccc2c(=O)n3c(nc2c1)CCCC3. The highest BCUT2D eigenvalue weighted by Crippen LogP contribution is 2.22. The predicted molar refractivity (Wildman–Crippen MR) is 98.3 cm³/mol. The summed E-state index contributed by atoms with van der Waals surface area (Å²) in [5.41, 5.74) is 1.52. The molecule has 2 aromatic carbocycles. The molecule has 0 spiro atoms. The number of halogens is 1. The van der Waals surface area contributed by atoms with Crippen LogP contribution in [0.4, 0.5) is 5.69 Å². The van der Waals surface area contributed by atoms with E-state index in [2.05, 4.69) is 10.3 Å². The highest BCUT2D eigenvalue weighted by molar-refractivity contribution is 6.33. The number of fused-ring (bicyclic) bond motifs is 2. The van der Waals surface area contributed by atoms with E-state index < -0.39 is 0 Å². The second kappa shape index (κ2) is 6.33. The molecular formula is C19H16ClN3O2. The van der Waals surface area contributed by atoms with Gasteiger partial charge in [0.2, 0.25) is 0 Å². The Bertz CT molecular complexity index is 1040. The summed E-state index contributed by atoms with van der Waals surface area (Å²) >= 11 is 6.08. The molecule has 0 radical (unpaired) electrons. The lowest BCUT2D eigenvalue weighted by Crippen LogP contribution is -2.28. The van der Waals surface area contributed by atoms with Gasteiger partial charge in [0.15, 0.2) is 0 Å². The Morgan fingerprint density at radius 2 is 2.00 bits per heavy atom. The molecule has 1 amide bonds. The van der Waals surface area contributed by atoms with Crippen LogP contribution < -0.4 is 10.9 Å². The number of aryl methyl sites for hydroxylation is 1. The maximum atomic E-state index is 12.6. The summed E-state index contributed by atoms with van der Waals surface area (Å²) in [6.07, 6.45) is 2.82. The Labute approximate surface area is 149 Å². The number of nitrogens with one attached hydrogen (secondary N) is 1. The number of carbonyl (C=O) groups is 1. The Morgan fingerprint density at radius 1 is 1.16 bits per heavy atom. The van der Waals surface area contributed by atoms with Gasteiger partial charge in [-0.2, -0.15) is 0 Å². The number of benzene rings is 2. The Balaban J connectivity index is 1.72. The molecule has 1 aliphatic heterocycles. The summed E-state index contributed by atoms with van der Waals surface area (Å²) in [6, 6.07) is 12.0. The highest BCUT2D eigenvalue weighted by Gasteiger charge is 2.16. The van der Waals surface area contributed by atoms with Gasteiger partial charge in [-0.1, -0.05) is 23.7 Å². The van der Waals surface area contributed by atoms with Crippen LogP contribution in [0.15, 0.2) is 47.3 Å². The van der Waals surface area contributed by atoms with Crippen molar-refractivity contribution >= 4 is 34.1 Å². The predicted octanol–water partition coefficient (Wildman–Crippen LogP) is 3.64. The molecule has 0 saturated heterocycles. The monoisotopic (exact) mass is 353 g/mol. The molecule has 0 aliphatic carbocycles. The minimum Gasteiger partial charge on any atom is -0.321 e. The zero-order chi connectivity index (χ0) is 17.4. The van der Waals surface area contributed by atoms with Gasteiger partial charge >= 0.3 is 0 Å². The van der Waals surface area contributed by atoms with Crippen molar-refractivity contribution in [2.24, 2.45) is 0 Å². The van der Waals surface area contributed by atoms with Crippen LogP contribution in [0.1, 0.15) is 29.0 Å². The third-order valence-corrected chi connectivity index (χ3v) is 4.78. The molecule has 0 atom stereocenters. The summed E-state index contributed by atoms with van der Waals surface area (Å²) < 4.78 is 1.75. The van der Waals surface area contributed by atoms with E-state index in [4.69, 9.17) is 11.6 Å². The average Bonchev–Trinajstić information content (AvgIpc) is 2.63. The summed E-state index contributed by atoms with van der Waals surface area (Å²) in [4.78, 5) is 29.7. The van der Waals surface area contributed by atoms with Crippen molar-refractivity contribution in [3.05, 3.63) is 69.2 Å². The topological polar surface area (TPSA) is 64.0 Å². The summed E-state index contributed by atoms with van der Waals surface area (Å²) in [6.45, 7) is 0.714. The van der Waals surface area contributed by atoms with Crippen LogP contribution in [0.25, 0.3) is 10.9 Å². The van der Waals surface area contributed by atoms with Crippen molar-refractivity contribution < 1.29 is 4.79 Å². The van der Waals surface area contributed by atoms with Crippen LogP contribution in [0.2, 0.25) is 5.02 Å². The van der Waals surface area contributed by atoms with Crippen molar-refractivity contribution in [3.8, 4) is 0 Å². The van der Waals surface area contributed by atoms with Crippen molar-refractivity contribution in [1.29, 1.82) is 0 Å². The molecule has 5 nitrogen and oxygen atoms in total. The van der Waals surface area contributed by atoms with E-state index in [1.807, 2.05) is 0 Å². The molecule has 4 rings (SSSR count). The molecule has 25 heavy (non-hydrogen) atoms. The molecule has 1 aliphatic rings. The van der Waals surface area contributed by atoms with E-state index in [0.29, 0.717) is 33.7 Å². The molecule has 0 fully saturated rings. The molecule has 6 heteroatoms. The van der Waals surface area contributed by atoms with E-state index in [-0.39, 0.29) is 11.5 Å². The third kappa shape index (κ3) is 2.91. The minimum absolute atomic E-state index is 0.0299. The summed E-state index contributed by atoms with van der Waals surface area (Å²) in [5.74, 6) is 0.516. The summed E-state index contributed by atoms with van der Waals surface area (Å²) in [7, 11) is 0. The minimum atomic E-state index is -0.283. The second-order valence-electron chi connectivity index (χ2n) is 6.11. The van der Waals surface area contributed by atoms with Gasteiger partial charge in [0.05, 0.1) is 21.6 Å². The van der Waals surface area contributed by atoms with Crippen LogP contribution in [-0.2, 0) is 13.0 Å². The molecule has 3 aromatic rings. The third-order valence-electron chi connectivity index (χ3n) is 4.45. The zero-order valence-corrected chi connectivity index (χ0v) is 14.2. The first-order chi connectivity index (χ1) is 12.1. The van der Waals surface area contributed by atoms with Crippen LogP contribution in [0.3, 0.4) is 0 Å². The van der Waals surface area contributed by atoms with Crippen LogP contribution in [-0.4, -0.2) is 15.5 Å². The van der Waals surface area contributed by atoms with E-state index in [1.165, 1.54) is 0 Å². The lowest BCUT2D eigenvalue weighted by molar-refractivity contribution is 0.102. The van der Waals surface area contributed by atoms with Gasteiger partial charge in [0.1, 0.15) is 5.82 Å². The van der Waals surface area contributed by atoms with Gasteiger partial charge in [-0.3, -0.25) is 14.2 Å². The lowest BCUT2D eigenvalue weighted by atomic mass is 10.1. The lowest BCUT2D eigenvalue weighted by Gasteiger charge is -2.17. The highest BCUT2D eigenvalue weighted by atomic mass is 35.5. The van der Waals surface area contributed by atoms with Gasteiger partial charge in [-0.05, 0) is 43.2 Å². The molecular weight excluding hydrogens is 338 g/mol. The van der Waals surface area contributed by atoms with Crippen molar-refractivity contribution in [2.45, 2.75) is 25.8 Å². The molecule has 126 valence electrons. The number of hydrogen-bond acceptors (Lipinski definition) is 3. The molecule has 0 unspecified atom stereocenters. The van der Waals surface area contributed by atoms with Crippen LogP contribution in [0, 0.1) is 0 Å². The first-order valence-corrected chi connectivity index (χ1v) is 8.60. The quantitative estimate of drug-likeness (QED) is 0.765. The van der Waals surface area contributed by atoms with Crippen molar-refractivity contribution in [2.75, 3.05) is 5.32 Å². The smallest absolute Gasteiger partial charge is 0.261 e. The average molecular weight is 354 g/mol. The van der Waals surface area contributed by atoms with E-state index in [1.54, 1.807) is 47.0 Å². The number of anilines is 1. The van der Waals surface area contributed by atoms with E-state index >= 15 is 0 Å². The van der Waals surface area contributed by atoms with Gasteiger partial charge in [0, 0.05) is 18.5 Å². The maximum Gasteiger partial charge on any atom is 0.261 e. The number of hydrogen-bond donors (Lipinski definition) is 1. The van der Waals surface area contributed by atoms with Gasteiger partial charge in [0.25, 0.3) is 11.5 Å². The number of rotatable bonds is 2. The standard InChI is InChI=1S/C19H16ClN3O2/c20-14-5-1-2-6-15(14)22-18(24)12-8-9-13-16(11-12)21-17-7-3-4-10-23(17)19(13)25/h1-2,5-6,8-9,11H,3-4,7,10H2,(H,22,24). The first-order valence-electron chi connectivity index (χ1n) is 8.23. The number of nitrogens with zero attached hydrogens (tertiary/aromatic N) is 2. The Hall–Kier alpha value is -2.66. The zero-order valence-electron chi connectivity index (χ0n) is 13.5. The number of aromatic nitrogens is 2. The van der Waals surface area contributed by atoms with Crippen LogP contribution in [0.5, 0.6) is 0 Å². The molecule has 1 aromatic heterocycles.